The average molecular weight is 363 g/mol. The largest absolute Gasteiger partial charge is 1.00 e. The van der Waals surface area contributed by atoms with Crippen LogP contribution in [0.5, 0.6) is 0 Å². The predicted octanol–water partition coefficient (Wildman–Crippen LogP) is -1.38. The van der Waals surface area contributed by atoms with Gasteiger partial charge in [0.05, 0.1) is 13.1 Å². The van der Waals surface area contributed by atoms with Gasteiger partial charge >= 0.3 is 0 Å². The van der Waals surface area contributed by atoms with E-state index in [0.29, 0.717) is 18.1 Å². The third-order valence-corrected chi connectivity index (χ3v) is 4.14. The second-order valence-electron chi connectivity index (χ2n) is 5.80. The molecule has 4 N–H and O–H groups in total. The van der Waals surface area contributed by atoms with Crippen molar-refractivity contribution in [1.82, 2.24) is 0 Å². The lowest BCUT2D eigenvalue weighted by molar-refractivity contribution is -0.345. The minimum absolute atomic E-state index is 0. The van der Waals surface area contributed by atoms with Crippen molar-refractivity contribution in [1.29, 1.82) is 0 Å². The fourth-order valence-electron chi connectivity index (χ4n) is 2.87. The van der Waals surface area contributed by atoms with Crippen molar-refractivity contribution < 1.29 is 26.9 Å². The molecule has 0 saturated carbocycles. The van der Waals surface area contributed by atoms with Gasteiger partial charge in [0.1, 0.15) is 12.3 Å². The van der Waals surface area contributed by atoms with Crippen LogP contribution in [0.15, 0.2) is 36.4 Å². The van der Waals surface area contributed by atoms with E-state index in [1.807, 2.05) is 19.1 Å². The third kappa shape index (κ3) is 4.61. The summed E-state index contributed by atoms with van der Waals surface area (Å²) in [5.41, 5.74) is 9.37. The van der Waals surface area contributed by atoms with Gasteiger partial charge in [0.15, 0.2) is 0 Å². The molecule has 7 heteroatoms. The summed E-state index contributed by atoms with van der Waals surface area (Å²) in [5, 5.41) is 2.75. The second-order valence-corrected chi connectivity index (χ2v) is 5.80. The van der Waals surface area contributed by atoms with Gasteiger partial charge in [0.2, 0.25) is 11.6 Å². The number of halogens is 1. The Kier molecular flexibility index (Phi) is 6.61. The van der Waals surface area contributed by atoms with Crippen LogP contribution in [-0.2, 0) is 22.5 Å². The number of fused-ring (bicyclic) bond motifs is 1. The van der Waals surface area contributed by atoms with Crippen molar-refractivity contribution in [3.63, 3.8) is 0 Å². The Labute approximate surface area is 153 Å². The molecule has 0 bridgehead atoms. The third-order valence-electron chi connectivity index (χ3n) is 4.14. The summed E-state index contributed by atoms with van der Waals surface area (Å²) >= 11 is 0. The van der Waals surface area contributed by atoms with Crippen molar-refractivity contribution in [3.8, 4) is 0 Å². The number of nitrogen functional groups attached to an aromatic ring is 1. The van der Waals surface area contributed by atoms with Crippen LogP contribution in [0.3, 0.4) is 0 Å². The van der Waals surface area contributed by atoms with Gasteiger partial charge in [-0.2, -0.15) is 0 Å². The van der Waals surface area contributed by atoms with E-state index in [2.05, 4.69) is 39.5 Å². The molecule has 25 heavy (non-hydrogen) atoms. The van der Waals surface area contributed by atoms with Gasteiger partial charge in [0, 0.05) is 19.1 Å². The molecule has 1 aliphatic heterocycles. The first-order valence-electron chi connectivity index (χ1n) is 8.18. The number of hydrogen-bond acceptors (Lipinski definition) is 4. The summed E-state index contributed by atoms with van der Waals surface area (Å²) < 4.78 is 5.09. The topological polar surface area (TPSA) is 81.7 Å². The van der Waals surface area contributed by atoms with E-state index in [9.17, 15) is 4.79 Å². The van der Waals surface area contributed by atoms with E-state index >= 15 is 0 Å². The van der Waals surface area contributed by atoms with Gasteiger partial charge in [-0.3, -0.25) is 9.69 Å². The highest BCUT2D eigenvalue weighted by Gasteiger charge is 2.21. The Morgan fingerprint density at radius 1 is 1.28 bits per heavy atom. The van der Waals surface area contributed by atoms with E-state index in [1.165, 1.54) is 11.1 Å². The van der Waals surface area contributed by atoms with E-state index < -0.39 is 0 Å². The maximum atomic E-state index is 11.7. The van der Waals surface area contributed by atoms with Crippen molar-refractivity contribution in [2.75, 3.05) is 35.7 Å². The van der Waals surface area contributed by atoms with Crippen LogP contribution in [0.25, 0.3) is 0 Å². The first kappa shape index (κ1) is 19.0. The van der Waals surface area contributed by atoms with Crippen LogP contribution in [0, 0.1) is 0 Å². The molecule has 1 aromatic carbocycles. The van der Waals surface area contributed by atoms with Crippen molar-refractivity contribution >= 4 is 23.2 Å². The lowest BCUT2D eigenvalue weighted by Crippen LogP contribution is -3.00. The van der Waals surface area contributed by atoms with Gasteiger partial charge in [-0.1, -0.05) is 24.3 Å². The minimum atomic E-state index is -0.211. The monoisotopic (exact) mass is 362 g/mol. The molecule has 2 heterocycles. The maximum Gasteiger partial charge on any atom is 0.250 e. The fraction of sp³-hybridized carbons (Fsp3) is 0.333. The van der Waals surface area contributed by atoms with E-state index in [1.54, 1.807) is 0 Å². The average Bonchev–Trinajstić information content (AvgIpc) is 2.61. The molecule has 1 amide bonds. The molecule has 2 aromatic rings. The summed E-state index contributed by atoms with van der Waals surface area (Å²) in [6.07, 6.45) is 1.01. The van der Waals surface area contributed by atoms with E-state index in [4.69, 9.17) is 10.5 Å². The molecule has 3 rings (SSSR count). The lowest BCUT2D eigenvalue weighted by atomic mass is 10.00. The van der Waals surface area contributed by atoms with Crippen LogP contribution >= 0.6 is 0 Å². The second kappa shape index (κ2) is 8.69. The standard InChI is InChI=1S/C18H22N4O2.ClH/c1-2-24-12-17(23)20-15-7-8-16(21-18(15)19)22-10-9-13-5-3-4-6-14(13)11-22;/h3-8H,2,9-12H2,1H3,(H2,19,21)(H,20,23);1H. The molecule has 0 radical (unpaired) electrons. The van der Waals surface area contributed by atoms with Gasteiger partial charge in [0.25, 0.3) is 5.91 Å². The number of ether oxygens (including phenoxy) is 1. The number of anilines is 3. The summed E-state index contributed by atoms with van der Waals surface area (Å²) in [7, 11) is 0. The maximum absolute atomic E-state index is 11.7. The highest BCUT2D eigenvalue weighted by Crippen LogP contribution is 2.23. The van der Waals surface area contributed by atoms with Crippen LogP contribution < -0.4 is 33.3 Å². The highest BCUT2D eigenvalue weighted by molar-refractivity contribution is 5.93. The fourth-order valence-corrected chi connectivity index (χ4v) is 2.87. The number of amides is 1. The normalized spacial score (nSPS) is 12.9. The number of benzene rings is 1. The minimum Gasteiger partial charge on any atom is -1.00 e. The number of nitrogens with zero attached hydrogens (tertiary/aromatic N) is 1. The Morgan fingerprint density at radius 2 is 2.04 bits per heavy atom. The molecule has 0 unspecified atom stereocenters. The molecule has 0 saturated heterocycles. The predicted molar refractivity (Wildman–Crippen MR) is 93.7 cm³/mol. The van der Waals surface area contributed by atoms with Crippen molar-refractivity contribution in [2.24, 2.45) is 0 Å². The van der Waals surface area contributed by atoms with Gasteiger partial charge in [-0.05, 0) is 24.1 Å². The highest BCUT2D eigenvalue weighted by atomic mass is 35.5. The molecule has 0 aliphatic carbocycles. The smallest absolute Gasteiger partial charge is 0.250 e. The first-order valence-corrected chi connectivity index (χ1v) is 8.18. The van der Waals surface area contributed by atoms with Crippen LogP contribution in [0.2, 0.25) is 0 Å². The summed E-state index contributed by atoms with van der Waals surface area (Å²) in [6.45, 7) is 4.16. The Bertz CT molecular complexity index is 739. The molecule has 1 aromatic heterocycles. The number of nitrogens with two attached hydrogens (primary N) is 1. The molecule has 0 spiro atoms. The molecule has 1 aliphatic rings. The zero-order valence-electron chi connectivity index (χ0n) is 14.2. The number of H-pyrrole nitrogens is 1. The van der Waals surface area contributed by atoms with Gasteiger partial charge < -0.3 is 28.2 Å². The van der Waals surface area contributed by atoms with Gasteiger partial charge in [-0.15, -0.1) is 0 Å². The summed E-state index contributed by atoms with van der Waals surface area (Å²) in [5.74, 6) is 1.18. The number of carbonyl (C=O) groups is 1. The number of nitrogens with one attached hydrogen (secondary N) is 2. The van der Waals surface area contributed by atoms with Crippen LogP contribution in [-0.4, -0.2) is 25.7 Å². The Hall–Kier alpha value is -2.31. The van der Waals surface area contributed by atoms with E-state index in [0.717, 1.165) is 25.3 Å². The zero-order valence-corrected chi connectivity index (χ0v) is 15.0. The number of carbonyl (C=O) groups excluding carboxylic acids is 1. The number of aromatic amines is 1. The number of pyridine rings is 1. The first-order chi connectivity index (χ1) is 11.7. The molecular formula is C18H23ClN4O2. The summed E-state index contributed by atoms with van der Waals surface area (Å²) in [4.78, 5) is 17.2. The lowest BCUT2D eigenvalue weighted by Gasteiger charge is -2.26. The van der Waals surface area contributed by atoms with Crippen LogP contribution in [0.1, 0.15) is 18.1 Å². The van der Waals surface area contributed by atoms with E-state index in [-0.39, 0.29) is 24.9 Å². The van der Waals surface area contributed by atoms with Crippen molar-refractivity contribution in [3.05, 3.63) is 47.5 Å². The number of rotatable bonds is 5. The van der Waals surface area contributed by atoms with Gasteiger partial charge in [-0.25, -0.2) is 4.98 Å². The molecule has 134 valence electrons. The Balaban J connectivity index is 0.00000225. The molecule has 0 fully saturated rings. The zero-order chi connectivity index (χ0) is 16.9. The van der Waals surface area contributed by atoms with Crippen molar-refractivity contribution in [2.45, 2.75) is 19.9 Å². The molecule has 0 atom stereocenters. The number of hydrogen-bond donors (Lipinski definition) is 2. The van der Waals surface area contributed by atoms with Crippen LogP contribution in [0.4, 0.5) is 17.3 Å². The summed E-state index contributed by atoms with van der Waals surface area (Å²) in [6, 6.07) is 12.3. The quantitative estimate of drug-likeness (QED) is 0.687. The molecular weight excluding hydrogens is 340 g/mol. The SMILES string of the molecule is CCOCC(=O)Nc1ccc(N2CCc3ccccc3C2)[nH+]c1N.[Cl-]. The molecule has 6 nitrogen and oxygen atoms in total. The Morgan fingerprint density at radius 3 is 2.76 bits per heavy atom. The number of aromatic nitrogens is 1.